The molecule has 18 heteroatoms. The molecule has 1 aromatic rings. The topological polar surface area (TPSA) is 246 Å². The second kappa shape index (κ2) is 12.0. The first-order valence-electron chi connectivity index (χ1n) is 12.8. The first-order valence-corrected chi connectivity index (χ1v) is 15.8. The van der Waals surface area contributed by atoms with E-state index in [0.717, 1.165) is 5.01 Å². The molecule has 1 amide bonds. The SMILES string of the molecule is O=C(O)C1=NN(C2CCC(S(=O)(=O)O)CC2)C(=O)C1=CC=Cc1c(COO)[nH]n(C2CCC(S(=O)(=O)O)CC2)c1=O. The molecule has 3 aliphatic rings. The Morgan fingerprint density at radius 1 is 0.951 bits per heavy atom. The van der Waals surface area contributed by atoms with E-state index in [0.29, 0.717) is 0 Å². The Balaban J connectivity index is 1.54. The molecule has 2 heterocycles. The molecule has 0 bridgehead atoms. The first kappa shape index (κ1) is 30.8. The van der Waals surface area contributed by atoms with E-state index in [9.17, 15) is 45.4 Å². The van der Waals surface area contributed by atoms with E-state index in [1.54, 1.807) is 0 Å². The molecule has 0 atom stereocenters. The van der Waals surface area contributed by atoms with Crippen LogP contribution in [0.1, 0.15) is 68.7 Å². The Morgan fingerprint density at radius 3 is 1.98 bits per heavy atom. The van der Waals surface area contributed by atoms with Crippen LogP contribution in [0.2, 0.25) is 0 Å². The van der Waals surface area contributed by atoms with Gasteiger partial charge >= 0.3 is 5.97 Å². The van der Waals surface area contributed by atoms with Gasteiger partial charge in [-0.15, -0.1) is 0 Å². The van der Waals surface area contributed by atoms with Crippen molar-refractivity contribution in [3.63, 3.8) is 0 Å². The van der Waals surface area contributed by atoms with Gasteiger partial charge in [0.15, 0.2) is 5.71 Å². The number of rotatable bonds is 9. The summed E-state index contributed by atoms with van der Waals surface area (Å²) < 4.78 is 65.5. The number of hydrogen-bond acceptors (Lipinski definition) is 10. The predicted octanol–water partition coefficient (Wildman–Crippen LogP) is 0.959. The Kier molecular flexibility index (Phi) is 9.00. The van der Waals surface area contributed by atoms with Crippen LogP contribution in [0.3, 0.4) is 0 Å². The number of amides is 1. The summed E-state index contributed by atoms with van der Waals surface area (Å²) in [6, 6.07) is -0.976. The number of aromatic nitrogens is 2. The Morgan fingerprint density at radius 2 is 1.49 bits per heavy atom. The molecule has 0 radical (unpaired) electrons. The number of allylic oxidation sites excluding steroid dienone is 2. The van der Waals surface area contributed by atoms with Gasteiger partial charge in [-0.1, -0.05) is 6.08 Å². The van der Waals surface area contributed by atoms with Crippen molar-refractivity contribution in [3.8, 4) is 0 Å². The van der Waals surface area contributed by atoms with E-state index < -0.39 is 72.6 Å². The largest absolute Gasteiger partial charge is 0.476 e. The van der Waals surface area contributed by atoms with Crippen molar-refractivity contribution in [1.29, 1.82) is 0 Å². The van der Waals surface area contributed by atoms with Crippen molar-refractivity contribution in [2.45, 2.75) is 80.6 Å². The summed E-state index contributed by atoms with van der Waals surface area (Å²) in [5.74, 6) is -2.19. The van der Waals surface area contributed by atoms with Crippen LogP contribution >= 0.6 is 0 Å². The minimum atomic E-state index is -4.23. The molecule has 2 saturated carbocycles. The highest BCUT2D eigenvalue weighted by Gasteiger charge is 2.40. The monoisotopic (exact) mass is 618 g/mol. The third-order valence-corrected chi connectivity index (χ3v) is 10.3. The van der Waals surface area contributed by atoms with Gasteiger partial charge in [0, 0.05) is 0 Å². The number of aliphatic carboxylic acids is 1. The highest BCUT2D eigenvalue weighted by molar-refractivity contribution is 7.86. The fraction of sp³-hybridized carbons (Fsp3) is 0.565. The minimum Gasteiger partial charge on any atom is -0.476 e. The lowest BCUT2D eigenvalue weighted by Gasteiger charge is -2.30. The van der Waals surface area contributed by atoms with Gasteiger partial charge in [0.1, 0.15) is 6.61 Å². The maximum absolute atomic E-state index is 13.2. The van der Waals surface area contributed by atoms with Crippen LogP contribution in [-0.2, 0) is 41.3 Å². The molecule has 2 fully saturated rings. The lowest BCUT2D eigenvalue weighted by atomic mass is 9.94. The Labute approximate surface area is 234 Å². The normalized spacial score (nSPS) is 27.1. The molecule has 1 aromatic heterocycles. The number of carbonyl (C=O) groups is 2. The molecule has 0 unspecified atom stereocenters. The van der Waals surface area contributed by atoms with Crippen LogP contribution in [-0.4, -0.2) is 85.2 Å². The second-order valence-corrected chi connectivity index (χ2v) is 13.6. The molecule has 0 aromatic carbocycles. The zero-order valence-electron chi connectivity index (χ0n) is 21.6. The Hall–Kier alpha value is -3.16. The van der Waals surface area contributed by atoms with Crippen molar-refractivity contribution in [1.82, 2.24) is 14.8 Å². The zero-order chi connectivity index (χ0) is 30.1. The van der Waals surface area contributed by atoms with Gasteiger partial charge in [0.05, 0.1) is 39.4 Å². The fourth-order valence-electron chi connectivity index (χ4n) is 5.54. The average molecular weight is 619 g/mol. The van der Waals surface area contributed by atoms with Gasteiger partial charge in [0.2, 0.25) is 0 Å². The standard InChI is InChI=1S/C23H30N4O12S2/c28-21-17(19(12-39-32)24-26(21)13-4-8-15(9-5-13)40(33,34)35)2-1-3-18-20(23(30)31)25-27(22(18)29)14-6-10-16(11-7-14)41(36,37)38/h1-3,13-16,24,32H,4-12H2,(H,30,31)(H,33,34,35)(H,36,37,38). The number of aromatic amines is 1. The molecule has 226 valence electrons. The van der Waals surface area contributed by atoms with E-state index >= 15 is 0 Å². The van der Waals surface area contributed by atoms with Crippen LogP contribution in [0.5, 0.6) is 0 Å². The highest BCUT2D eigenvalue weighted by Crippen LogP contribution is 2.32. The molecule has 2 aliphatic carbocycles. The third-order valence-electron chi connectivity index (χ3n) is 7.71. The van der Waals surface area contributed by atoms with Crippen molar-refractivity contribution in [2.75, 3.05) is 0 Å². The minimum absolute atomic E-state index is 0.0486. The van der Waals surface area contributed by atoms with Gasteiger partial charge in [0.25, 0.3) is 31.7 Å². The summed E-state index contributed by atoms with van der Waals surface area (Å²) in [7, 11) is -8.42. The molecular formula is C23H30N4O12S2. The van der Waals surface area contributed by atoms with Gasteiger partial charge in [-0.25, -0.2) is 19.4 Å². The lowest BCUT2D eigenvalue weighted by molar-refractivity contribution is -0.253. The van der Waals surface area contributed by atoms with E-state index in [4.69, 9.17) is 5.26 Å². The molecule has 41 heavy (non-hydrogen) atoms. The van der Waals surface area contributed by atoms with E-state index in [1.165, 1.54) is 22.9 Å². The quantitative estimate of drug-likeness (QED) is 0.112. The summed E-state index contributed by atoms with van der Waals surface area (Å²) in [6.45, 7) is -0.403. The van der Waals surface area contributed by atoms with Crippen molar-refractivity contribution < 1.29 is 50.8 Å². The summed E-state index contributed by atoms with van der Waals surface area (Å²) in [5, 5.41) is 24.5. The molecule has 4 rings (SSSR count). The second-order valence-electron chi connectivity index (χ2n) is 10.2. The van der Waals surface area contributed by atoms with Gasteiger partial charge in [-0.2, -0.15) is 21.9 Å². The molecular weight excluding hydrogens is 588 g/mol. The van der Waals surface area contributed by atoms with Gasteiger partial charge < -0.3 is 5.11 Å². The van der Waals surface area contributed by atoms with E-state index in [-0.39, 0.29) is 68.2 Å². The molecule has 16 nitrogen and oxygen atoms in total. The van der Waals surface area contributed by atoms with Crippen LogP contribution in [0.15, 0.2) is 27.6 Å². The van der Waals surface area contributed by atoms with Gasteiger partial charge in [-0.3, -0.25) is 29.1 Å². The molecule has 0 spiro atoms. The Bertz CT molecular complexity index is 1560. The van der Waals surface area contributed by atoms with Crippen LogP contribution in [0, 0.1) is 0 Å². The average Bonchev–Trinajstić information content (AvgIpc) is 3.40. The first-order chi connectivity index (χ1) is 19.2. The number of nitrogens with one attached hydrogen (secondary N) is 1. The maximum atomic E-state index is 13.2. The molecule has 5 N–H and O–H groups in total. The third kappa shape index (κ3) is 6.68. The number of carboxylic acids is 1. The van der Waals surface area contributed by atoms with Crippen LogP contribution in [0.4, 0.5) is 0 Å². The number of nitrogens with zero attached hydrogens (tertiary/aromatic N) is 3. The van der Waals surface area contributed by atoms with Crippen molar-refractivity contribution in [2.24, 2.45) is 5.10 Å². The van der Waals surface area contributed by atoms with Crippen LogP contribution in [0.25, 0.3) is 6.08 Å². The molecule has 0 saturated heterocycles. The number of hydrazone groups is 1. The smallest absolute Gasteiger partial charge is 0.357 e. The van der Waals surface area contributed by atoms with E-state index in [1.807, 2.05) is 0 Å². The highest BCUT2D eigenvalue weighted by atomic mass is 32.2. The fourth-order valence-corrected chi connectivity index (χ4v) is 7.27. The van der Waals surface area contributed by atoms with Crippen molar-refractivity contribution in [3.05, 3.63) is 39.3 Å². The predicted molar refractivity (Wildman–Crippen MR) is 142 cm³/mol. The van der Waals surface area contributed by atoms with E-state index in [2.05, 4.69) is 15.1 Å². The molecule has 1 aliphatic heterocycles. The van der Waals surface area contributed by atoms with Crippen molar-refractivity contribution >= 4 is 43.9 Å². The maximum Gasteiger partial charge on any atom is 0.357 e. The summed E-state index contributed by atoms with van der Waals surface area (Å²) in [5.41, 5.74) is -1.09. The lowest BCUT2D eigenvalue weighted by Crippen LogP contribution is -2.39. The number of carbonyl (C=O) groups excluding carboxylic acids is 1. The van der Waals surface area contributed by atoms with Crippen LogP contribution < -0.4 is 5.56 Å². The summed E-state index contributed by atoms with van der Waals surface area (Å²) in [6.07, 6.45) is 5.15. The number of hydrogen-bond donors (Lipinski definition) is 5. The summed E-state index contributed by atoms with van der Waals surface area (Å²) in [4.78, 5) is 42.2. The summed E-state index contributed by atoms with van der Waals surface area (Å²) >= 11 is 0. The van der Waals surface area contributed by atoms with Gasteiger partial charge in [-0.05, 0) is 63.5 Å². The number of H-pyrrole nitrogens is 1. The zero-order valence-corrected chi connectivity index (χ0v) is 23.3. The number of carboxylic acid groups (broad SMARTS) is 1.